The Morgan fingerprint density at radius 3 is 2.90 bits per heavy atom. The summed E-state index contributed by atoms with van der Waals surface area (Å²) in [7, 11) is -1.60. The van der Waals surface area contributed by atoms with E-state index in [1.165, 1.54) is 0 Å². The summed E-state index contributed by atoms with van der Waals surface area (Å²) in [6, 6.07) is -0.501. The Balaban J connectivity index is 2.43. The highest BCUT2D eigenvalue weighted by molar-refractivity contribution is 7.92. The number of hydrogen-bond acceptors (Lipinski definition) is 6. The lowest BCUT2D eigenvalue weighted by Crippen LogP contribution is -2.44. The van der Waals surface area contributed by atoms with Crippen molar-refractivity contribution in [2.24, 2.45) is 5.84 Å². The van der Waals surface area contributed by atoms with Gasteiger partial charge in [0.15, 0.2) is 15.6 Å². The van der Waals surface area contributed by atoms with E-state index in [1.807, 2.05) is 6.92 Å². The van der Waals surface area contributed by atoms with Crippen LogP contribution in [0, 0.1) is 0 Å². The predicted molar refractivity (Wildman–Crippen MR) is 80.6 cm³/mol. The molecule has 1 aliphatic rings. The van der Waals surface area contributed by atoms with Crippen molar-refractivity contribution in [3.8, 4) is 5.75 Å². The van der Waals surface area contributed by atoms with E-state index in [9.17, 15) is 8.42 Å². The molecule has 2 unspecified atom stereocenters. The van der Waals surface area contributed by atoms with Crippen molar-refractivity contribution in [1.29, 1.82) is 0 Å². The Morgan fingerprint density at radius 2 is 2.33 bits per heavy atom. The lowest BCUT2D eigenvalue weighted by atomic mass is 10.0. The van der Waals surface area contributed by atoms with Gasteiger partial charge in [-0.2, -0.15) is 5.10 Å². The molecule has 0 aliphatic carbocycles. The molecule has 1 saturated heterocycles. The third kappa shape index (κ3) is 3.22. The van der Waals surface area contributed by atoms with Crippen molar-refractivity contribution in [1.82, 2.24) is 15.2 Å². The van der Waals surface area contributed by atoms with E-state index in [2.05, 4.69) is 10.5 Å². The largest absolute Gasteiger partial charge is 0.493 e. The molecular formula is C13H24N4O3S. The van der Waals surface area contributed by atoms with Crippen molar-refractivity contribution in [2.75, 3.05) is 12.9 Å². The highest BCUT2D eigenvalue weighted by Crippen LogP contribution is 2.34. The van der Waals surface area contributed by atoms with E-state index in [4.69, 9.17) is 10.6 Å². The van der Waals surface area contributed by atoms with Gasteiger partial charge in [0.05, 0.1) is 36.0 Å². The molecule has 21 heavy (non-hydrogen) atoms. The maximum atomic E-state index is 12.4. The fraction of sp³-hybridized carbons (Fsp3) is 0.769. The molecule has 1 aromatic rings. The second kappa shape index (κ2) is 6.76. The smallest absolute Gasteiger partial charge is 0.161 e. The average Bonchev–Trinajstić information content (AvgIpc) is 2.85. The molecule has 0 radical (unpaired) electrons. The first-order valence-electron chi connectivity index (χ1n) is 7.32. The Morgan fingerprint density at radius 1 is 1.57 bits per heavy atom. The molecule has 2 rings (SSSR count). The second-order valence-electron chi connectivity index (χ2n) is 5.37. The standard InChI is InChI=1S/C13H24N4O3S/c1-3-7-17-13(10(20-2)9-15-17)12(16-14)11-6-4-5-8-21(11,18)19/h9,11-12,16H,3-8,14H2,1-2H3. The minimum Gasteiger partial charge on any atom is -0.493 e. The molecule has 0 amide bonds. The van der Waals surface area contributed by atoms with Gasteiger partial charge < -0.3 is 4.74 Å². The summed E-state index contributed by atoms with van der Waals surface area (Å²) in [5.41, 5.74) is 3.40. The third-order valence-electron chi connectivity index (χ3n) is 3.97. The maximum Gasteiger partial charge on any atom is 0.161 e. The molecule has 0 aromatic carbocycles. The quantitative estimate of drug-likeness (QED) is 0.594. The van der Waals surface area contributed by atoms with E-state index in [-0.39, 0.29) is 5.75 Å². The Labute approximate surface area is 125 Å². The third-order valence-corrected chi connectivity index (χ3v) is 6.26. The lowest BCUT2D eigenvalue weighted by Gasteiger charge is -2.30. The van der Waals surface area contributed by atoms with Crippen LogP contribution >= 0.6 is 0 Å². The van der Waals surface area contributed by atoms with Crippen molar-refractivity contribution in [3.63, 3.8) is 0 Å². The van der Waals surface area contributed by atoms with Crippen LogP contribution in [-0.4, -0.2) is 36.3 Å². The maximum absolute atomic E-state index is 12.4. The first-order chi connectivity index (χ1) is 10.0. The second-order valence-corrected chi connectivity index (χ2v) is 7.71. The van der Waals surface area contributed by atoms with E-state index in [0.29, 0.717) is 18.7 Å². The van der Waals surface area contributed by atoms with Gasteiger partial charge in [0.1, 0.15) is 0 Å². The first-order valence-corrected chi connectivity index (χ1v) is 9.04. The van der Waals surface area contributed by atoms with E-state index in [1.54, 1.807) is 18.0 Å². The minimum absolute atomic E-state index is 0.222. The van der Waals surface area contributed by atoms with Gasteiger partial charge in [-0.1, -0.05) is 13.3 Å². The predicted octanol–water partition coefficient (Wildman–Crippen LogP) is 0.773. The summed E-state index contributed by atoms with van der Waals surface area (Å²) in [6.07, 6.45) is 4.74. The van der Waals surface area contributed by atoms with Crippen molar-refractivity contribution >= 4 is 9.84 Å². The molecule has 2 heterocycles. The average molecular weight is 316 g/mol. The van der Waals surface area contributed by atoms with Crippen LogP contribution in [0.2, 0.25) is 0 Å². The number of nitrogens with one attached hydrogen (secondary N) is 1. The summed E-state index contributed by atoms with van der Waals surface area (Å²) in [5, 5.41) is 3.76. The van der Waals surface area contributed by atoms with Gasteiger partial charge in [0.25, 0.3) is 0 Å². The van der Waals surface area contributed by atoms with Gasteiger partial charge in [-0.3, -0.25) is 10.5 Å². The zero-order valence-electron chi connectivity index (χ0n) is 12.6. The topological polar surface area (TPSA) is 99.2 Å². The molecule has 0 bridgehead atoms. The van der Waals surface area contributed by atoms with Crippen molar-refractivity contribution in [2.45, 2.75) is 50.4 Å². The van der Waals surface area contributed by atoms with Gasteiger partial charge in [0.2, 0.25) is 0 Å². The first kappa shape index (κ1) is 16.3. The molecule has 1 aliphatic heterocycles. The SMILES string of the molecule is CCCn1ncc(OC)c1C(NN)C1CCCCS1(=O)=O. The number of rotatable bonds is 6. The minimum atomic E-state index is -3.16. The summed E-state index contributed by atoms with van der Waals surface area (Å²) in [6.45, 7) is 2.74. The summed E-state index contributed by atoms with van der Waals surface area (Å²) < 4.78 is 31.9. The monoisotopic (exact) mass is 316 g/mol. The zero-order valence-corrected chi connectivity index (χ0v) is 13.4. The van der Waals surface area contributed by atoms with Crippen LogP contribution in [0.3, 0.4) is 0 Å². The number of methoxy groups -OCH3 is 1. The summed E-state index contributed by atoms with van der Waals surface area (Å²) in [5.74, 6) is 6.49. The number of nitrogens with zero attached hydrogens (tertiary/aromatic N) is 2. The van der Waals surface area contributed by atoms with Crippen LogP contribution in [0.25, 0.3) is 0 Å². The molecule has 7 nitrogen and oxygen atoms in total. The molecule has 120 valence electrons. The lowest BCUT2D eigenvalue weighted by molar-refractivity contribution is 0.377. The number of aryl methyl sites for hydroxylation is 1. The normalized spacial score (nSPS) is 22.9. The van der Waals surface area contributed by atoms with Gasteiger partial charge in [-0.25, -0.2) is 13.8 Å². The molecule has 8 heteroatoms. The molecule has 2 atom stereocenters. The highest BCUT2D eigenvalue weighted by atomic mass is 32.2. The van der Waals surface area contributed by atoms with Crippen LogP contribution in [0.15, 0.2) is 6.20 Å². The van der Waals surface area contributed by atoms with Gasteiger partial charge in [-0.05, 0) is 19.3 Å². The van der Waals surface area contributed by atoms with Gasteiger partial charge in [-0.15, -0.1) is 0 Å². The van der Waals surface area contributed by atoms with Crippen LogP contribution in [0.4, 0.5) is 0 Å². The fourth-order valence-corrected chi connectivity index (χ4v) is 5.01. The van der Waals surface area contributed by atoms with Crippen LogP contribution < -0.4 is 16.0 Å². The summed E-state index contributed by atoms with van der Waals surface area (Å²) in [4.78, 5) is 0. The molecule has 3 N–H and O–H groups in total. The Bertz CT molecular complexity index is 570. The fourth-order valence-electron chi connectivity index (χ4n) is 2.95. The van der Waals surface area contributed by atoms with E-state index < -0.39 is 21.1 Å². The molecule has 0 spiro atoms. The highest BCUT2D eigenvalue weighted by Gasteiger charge is 2.39. The van der Waals surface area contributed by atoms with E-state index >= 15 is 0 Å². The van der Waals surface area contributed by atoms with Crippen molar-refractivity contribution < 1.29 is 13.2 Å². The molecule has 0 saturated carbocycles. The molecule has 1 aromatic heterocycles. The number of sulfone groups is 1. The number of hydrogen-bond donors (Lipinski definition) is 2. The van der Waals surface area contributed by atoms with Gasteiger partial charge >= 0.3 is 0 Å². The van der Waals surface area contributed by atoms with Crippen LogP contribution in [-0.2, 0) is 16.4 Å². The molecular weight excluding hydrogens is 292 g/mol. The van der Waals surface area contributed by atoms with Crippen LogP contribution in [0.5, 0.6) is 5.75 Å². The number of ether oxygens (including phenoxy) is 1. The van der Waals surface area contributed by atoms with Crippen molar-refractivity contribution in [3.05, 3.63) is 11.9 Å². The zero-order chi connectivity index (χ0) is 15.5. The van der Waals surface area contributed by atoms with Gasteiger partial charge in [0, 0.05) is 6.54 Å². The van der Waals surface area contributed by atoms with Crippen LogP contribution in [0.1, 0.15) is 44.3 Å². The number of aromatic nitrogens is 2. The Kier molecular flexibility index (Phi) is 5.23. The Hall–Kier alpha value is -1.12. The number of nitrogens with two attached hydrogens (primary N) is 1. The molecule has 1 fully saturated rings. The number of hydrazine groups is 1. The summed E-state index contributed by atoms with van der Waals surface area (Å²) >= 11 is 0. The van der Waals surface area contributed by atoms with E-state index in [0.717, 1.165) is 25.0 Å².